The third-order valence-electron chi connectivity index (χ3n) is 2.43. The van der Waals surface area contributed by atoms with Crippen LogP contribution in [0.2, 0.25) is 0 Å². The smallest absolute Gasteiger partial charge is 0.208 e. The molecule has 0 aliphatic carbocycles. The number of furan rings is 1. The van der Waals surface area contributed by atoms with Crippen LogP contribution in [0.3, 0.4) is 0 Å². The molecule has 0 amide bonds. The molecule has 0 bridgehead atoms. The molecule has 1 aromatic carbocycles. The summed E-state index contributed by atoms with van der Waals surface area (Å²) in [5.41, 5.74) is 7.75. The zero-order chi connectivity index (χ0) is 14.4. The first-order chi connectivity index (χ1) is 9.72. The van der Waals surface area contributed by atoms with E-state index in [4.69, 9.17) is 15.4 Å². The van der Waals surface area contributed by atoms with Crippen LogP contribution >= 0.6 is 11.8 Å². The number of amidine groups is 1. The summed E-state index contributed by atoms with van der Waals surface area (Å²) in [5, 5.41) is 12.4. The van der Waals surface area contributed by atoms with Crippen molar-refractivity contribution in [3.05, 3.63) is 54.5 Å². The van der Waals surface area contributed by atoms with E-state index in [0.29, 0.717) is 5.69 Å². The van der Waals surface area contributed by atoms with Crippen molar-refractivity contribution in [2.45, 2.75) is 0 Å². The minimum atomic E-state index is -0.206. The molecule has 0 saturated carbocycles. The van der Waals surface area contributed by atoms with Gasteiger partial charge in [-0.25, -0.2) is 0 Å². The van der Waals surface area contributed by atoms with Crippen LogP contribution in [0.5, 0.6) is 0 Å². The SMILES string of the molecule is N=NN(C(=N)SCC(=O)c1ccco1)c1ccccc1. The molecule has 2 aromatic rings. The van der Waals surface area contributed by atoms with E-state index >= 15 is 0 Å². The van der Waals surface area contributed by atoms with Crippen LogP contribution in [0.15, 0.2) is 58.4 Å². The molecule has 0 atom stereocenters. The van der Waals surface area contributed by atoms with Gasteiger partial charge in [0, 0.05) is 0 Å². The predicted octanol–water partition coefficient (Wildman–Crippen LogP) is 3.58. The molecule has 0 radical (unpaired) electrons. The van der Waals surface area contributed by atoms with Crippen LogP contribution in [0, 0.1) is 10.9 Å². The molecule has 0 aliphatic rings. The van der Waals surface area contributed by atoms with Gasteiger partial charge < -0.3 is 4.42 Å². The molecule has 7 heteroatoms. The number of hydrogen-bond acceptors (Lipinski definition) is 6. The lowest BCUT2D eigenvalue weighted by Crippen LogP contribution is -2.22. The van der Waals surface area contributed by atoms with E-state index < -0.39 is 0 Å². The molecule has 1 aromatic heterocycles. The number of hydrogen-bond donors (Lipinski definition) is 2. The number of para-hydroxylation sites is 1. The number of nitrogens with one attached hydrogen (secondary N) is 2. The highest BCUT2D eigenvalue weighted by atomic mass is 32.2. The van der Waals surface area contributed by atoms with Gasteiger partial charge in [-0.2, -0.15) is 10.5 Å². The minimum absolute atomic E-state index is 0.00565. The van der Waals surface area contributed by atoms with Crippen molar-refractivity contribution in [1.82, 2.24) is 0 Å². The van der Waals surface area contributed by atoms with Gasteiger partial charge in [0.2, 0.25) is 5.78 Å². The standard InChI is InChI=1S/C13H12N4O2S/c14-13(17(16-15)10-5-2-1-3-6-10)20-9-11(18)12-7-4-8-19-12/h1-8,14-15H,9H2. The molecule has 2 N–H and O–H groups in total. The maximum absolute atomic E-state index is 11.8. The van der Waals surface area contributed by atoms with Gasteiger partial charge in [0.15, 0.2) is 10.9 Å². The summed E-state index contributed by atoms with van der Waals surface area (Å²) in [6, 6.07) is 12.1. The predicted molar refractivity (Wildman–Crippen MR) is 77.3 cm³/mol. The average Bonchev–Trinajstić information content (AvgIpc) is 3.01. The van der Waals surface area contributed by atoms with Crippen molar-refractivity contribution in [3.8, 4) is 0 Å². The fourth-order valence-corrected chi connectivity index (χ4v) is 2.17. The summed E-state index contributed by atoms with van der Waals surface area (Å²) in [5.74, 6) is 0.118. The highest BCUT2D eigenvalue weighted by Crippen LogP contribution is 2.19. The summed E-state index contributed by atoms with van der Waals surface area (Å²) in [7, 11) is 0. The summed E-state index contributed by atoms with van der Waals surface area (Å²) < 4.78 is 4.99. The van der Waals surface area contributed by atoms with E-state index in [0.717, 1.165) is 16.8 Å². The lowest BCUT2D eigenvalue weighted by molar-refractivity contribution is 0.0992. The fourth-order valence-electron chi connectivity index (χ4n) is 1.49. The quantitative estimate of drug-likeness (QED) is 0.289. The number of carbonyl (C=O) groups excluding carboxylic acids is 1. The second-order valence-electron chi connectivity index (χ2n) is 3.74. The molecular formula is C13H12N4O2S. The van der Waals surface area contributed by atoms with Crippen molar-refractivity contribution >= 4 is 28.4 Å². The lowest BCUT2D eigenvalue weighted by Gasteiger charge is -2.16. The second kappa shape index (κ2) is 6.67. The average molecular weight is 288 g/mol. The highest BCUT2D eigenvalue weighted by molar-refractivity contribution is 8.14. The normalized spacial score (nSPS) is 10.0. The number of nitrogens with zero attached hydrogens (tertiary/aromatic N) is 2. The maximum atomic E-state index is 11.8. The molecule has 0 aliphatic heterocycles. The zero-order valence-corrected chi connectivity index (χ0v) is 11.3. The van der Waals surface area contributed by atoms with Gasteiger partial charge in [-0.15, -0.1) is 0 Å². The molecule has 6 nitrogen and oxygen atoms in total. The molecule has 0 saturated heterocycles. The van der Waals surface area contributed by atoms with Crippen molar-refractivity contribution in [2.75, 3.05) is 10.8 Å². The van der Waals surface area contributed by atoms with Crippen LogP contribution in [0.25, 0.3) is 0 Å². The first kappa shape index (κ1) is 14.0. The molecule has 20 heavy (non-hydrogen) atoms. The van der Waals surface area contributed by atoms with E-state index in [-0.39, 0.29) is 22.5 Å². The topological polar surface area (TPSA) is 93.5 Å². The van der Waals surface area contributed by atoms with Crippen LogP contribution in [-0.2, 0) is 0 Å². The van der Waals surface area contributed by atoms with E-state index in [1.807, 2.05) is 6.07 Å². The third-order valence-corrected chi connectivity index (χ3v) is 3.28. The Morgan fingerprint density at radius 3 is 2.60 bits per heavy atom. The number of ketones is 1. The first-order valence-corrected chi connectivity index (χ1v) is 6.71. The number of thioether (sulfide) groups is 1. The zero-order valence-electron chi connectivity index (χ0n) is 10.4. The van der Waals surface area contributed by atoms with Crippen LogP contribution < -0.4 is 5.01 Å². The van der Waals surface area contributed by atoms with Gasteiger partial charge in [0.05, 0.1) is 17.7 Å². The number of carbonyl (C=O) groups is 1. The van der Waals surface area contributed by atoms with E-state index in [1.54, 1.807) is 36.4 Å². The van der Waals surface area contributed by atoms with E-state index in [9.17, 15) is 4.79 Å². The van der Waals surface area contributed by atoms with E-state index in [1.165, 1.54) is 6.26 Å². The molecule has 1 heterocycles. The summed E-state index contributed by atoms with van der Waals surface area (Å²) in [6.45, 7) is 0. The number of Topliss-reactive ketones (excluding diaryl/α,β-unsaturated/α-hetero) is 1. The Morgan fingerprint density at radius 2 is 2.00 bits per heavy atom. The summed E-state index contributed by atoms with van der Waals surface area (Å²) in [6.07, 6.45) is 1.43. The molecule has 0 unspecified atom stereocenters. The Labute approximate surface area is 119 Å². The molecule has 2 rings (SSSR count). The minimum Gasteiger partial charge on any atom is -0.461 e. The Morgan fingerprint density at radius 1 is 1.25 bits per heavy atom. The van der Waals surface area contributed by atoms with Gasteiger partial charge in [-0.05, 0) is 24.3 Å². The lowest BCUT2D eigenvalue weighted by atomic mass is 10.3. The Balaban J connectivity index is 1.97. The van der Waals surface area contributed by atoms with Crippen molar-refractivity contribution < 1.29 is 9.21 Å². The van der Waals surface area contributed by atoms with Gasteiger partial charge in [0.1, 0.15) is 0 Å². The van der Waals surface area contributed by atoms with Gasteiger partial charge in [-0.1, -0.05) is 35.2 Å². The number of benzene rings is 1. The van der Waals surface area contributed by atoms with Crippen LogP contribution in [-0.4, -0.2) is 16.7 Å². The largest absolute Gasteiger partial charge is 0.461 e. The third kappa shape index (κ3) is 3.33. The van der Waals surface area contributed by atoms with Crippen molar-refractivity contribution in [2.24, 2.45) is 5.22 Å². The van der Waals surface area contributed by atoms with Crippen molar-refractivity contribution in [3.63, 3.8) is 0 Å². The van der Waals surface area contributed by atoms with Gasteiger partial charge in [-0.3, -0.25) is 10.2 Å². The monoisotopic (exact) mass is 288 g/mol. The number of anilines is 1. The van der Waals surface area contributed by atoms with Gasteiger partial charge in [0.25, 0.3) is 0 Å². The summed E-state index contributed by atoms with van der Waals surface area (Å²) >= 11 is 0.996. The molecule has 0 fully saturated rings. The van der Waals surface area contributed by atoms with E-state index in [2.05, 4.69) is 5.22 Å². The Kier molecular flexibility index (Phi) is 4.67. The molecular weight excluding hydrogens is 276 g/mol. The Bertz CT molecular complexity index is 598. The summed E-state index contributed by atoms with van der Waals surface area (Å²) in [4.78, 5) is 11.8. The van der Waals surface area contributed by atoms with Gasteiger partial charge >= 0.3 is 0 Å². The van der Waals surface area contributed by atoms with Crippen LogP contribution in [0.1, 0.15) is 10.6 Å². The Hall–Kier alpha value is -2.41. The molecule has 0 spiro atoms. The van der Waals surface area contributed by atoms with Crippen molar-refractivity contribution in [1.29, 1.82) is 10.9 Å². The first-order valence-electron chi connectivity index (χ1n) is 5.73. The highest BCUT2D eigenvalue weighted by Gasteiger charge is 2.15. The second-order valence-corrected chi connectivity index (χ2v) is 4.71. The molecule has 102 valence electrons. The number of rotatable bonds is 5. The fraction of sp³-hybridized carbons (Fsp3) is 0.0769. The van der Waals surface area contributed by atoms with Crippen LogP contribution in [0.4, 0.5) is 5.69 Å². The maximum Gasteiger partial charge on any atom is 0.208 e.